The van der Waals surface area contributed by atoms with Crippen molar-refractivity contribution in [1.29, 1.82) is 0 Å². The number of methoxy groups -OCH3 is 3. The van der Waals surface area contributed by atoms with Gasteiger partial charge >= 0.3 is 0 Å². The molecule has 0 spiro atoms. The van der Waals surface area contributed by atoms with E-state index < -0.39 is 0 Å². The van der Waals surface area contributed by atoms with Gasteiger partial charge in [0, 0.05) is 18.3 Å². The van der Waals surface area contributed by atoms with Crippen molar-refractivity contribution in [3.63, 3.8) is 0 Å². The Balaban J connectivity index is 2.84. The van der Waals surface area contributed by atoms with Gasteiger partial charge in [0.1, 0.15) is 0 Å². The summed E-state index contributed by atoms with van der Waals surface area (Å²) in [5, 5.41) is 3.47. The highest BCUT2D eigenvalue weighted by Crippen LogP contribution is 2.38. The summed E-state index contributed by atoms with van der Waals surface area (Å²) in [5.74, 6) is 3.10. The smallest absolute Gasteiger partial charge is 0.203 e. The zero-order valence-electron chi connectivity index (χ0n) is 12.3. The summed E-state index contributed by atoms with van der Waals surface area (Å²) >= 11 is 1.83. The van der Waals surface area contributed by atoms with E-state index in [4.69, 9.17) is 14.2 Å². The van der Waals surface area contributed by atoms with Crippen LogP contribution in [0.1, 0.15) is 12.5 Å². The van der Waals surface area contributed by atoms with Gasteiger partial charge in [-0.2, -0.15) is 11.8 Å². The van der Waals surface area contributed by atoms with Crippen LogP contribution < -0.4 is 19.5 Å². The van der Waals surface area contributed by atoms with Crippen molar-refractivity contribution in [2.75, 3.05) is 33.3 Å². The lowest BCUT2D eigenvalue weighted by Crippen LogP contribution is -2.27. The molecule has 1 unspecified atom stereocenters. The van der Waals surface area contributed by atoms with Gasteiger partial charge in [0.05, 0.1) is 21.3 Å². The topological polar surface area (TPSA) is 39.7 Å². The second-order valence-corrected chi connectivity index (χ2v) is 5.18. The van der Waals surface area contributed by atoms with Gasteiger partial charge in [0.15, 0.2) is 11.5 Å². The van der Waals surface area contributed by atoms with Crippen molar-refractivity contribution in [1.82, 2.24) is 5.32 Å². The molecule has 0 fully saturated rings. The van der Waals surface area contributed by atoms with E-state index in [2.05, 4.69) is 18.5 Å². The van der Waals surface area contributed by atoms with Crippen molar-refractivity contribution in [3.8, 4) is 17.2 Å². The Morgan fingerprint density at radius 2 is 1.68 bits per heavy atom. The summed E-state index contributed by atoms with van der Waals surface area (Å²) in [6, 6.07) is 4.41. The highest BCUT2D eigenvalue weighted by atomic mass is 32.2. The molecule has 0 aliphatic carbocycles. The molecule has 0 amide bonds. The average molecular weight is 285 g/mol. The first-order chi connectivity index (χ1) is 9.15. The molecule has 0 aromatic heterocycles. The molecule has 0 radical (unpaired) electrons. The molecule has 0 saturated heterocycles. The van der Waals surface area contributed by atoms with Crippen molar-refractivity contribution >= 4 is 11.8 Å². The largest absolute Gasteiger partial charge is 0.493 e. The highest BCUT2D eigenvalue weighted by Gasteiger charge is 2.13. The lowest BCUT2D eigenvalue weighted by molar-refractivity contribution is 0.323. The molecule has 5 heteroatoms. The van der Waals surface area contributed by atoms with Gasteiger partial charge in [0.2, 0.25) is 5.75 Å². The van der Waals surface area contributed by atoms with Crippen LogP contribution in [0.15, 0.2) is 12.1 Å². The molecule has 1 aromatic rings. The fraction of sp³-hybridized carbons (Fsp3) is 0.571. The quantitative estimate of drug-likeness (QED) is 0.795. The maximum absolute atomic E-state index is 5.34. The van der Waals surface area contributed by atoms with Crippen LogP contribution in [0.2, 0.25) is 0 Å². The van der Waals surface area contributed by atoms with Crippen LogP contribution in [0, 0.1) is 0 Å². The molecule has 1 rings (SSSR count). The Morgan fingerprint density at radius 1 is 1.11 bits per heavy atom. The van der Waals surface area contributed by atoms with E-state index in [-0.39, 0.29) is 0 Å². The molecule has 0 aliphatic rings. The van der Waals surface area contributed by atoms with Gasteiger partial charge < -0.3 is 19.5 Å². The zero-order chi connectivity index (χ0) is 14.3. The number of ether oxygens (including phenoxy) is 3. The molecule has 0 heterocycles. The third-order valence-electron chi connectivity index (χ3n) is 2.80. The number of hydrogen-bond acceptors (Lipinski definition) is 5. The first kappa shape index (κ1) is 16.0. The van der Waals surface area contributed by atoms with Crippen LogP contribution in [0.3, 0.4) is 0 Å². The Hall–Kier alpha value is -1.07. The fourth-order valence-electron chi connectivity index (χ4n) is 1.84. The Morgan fingerprint density at radius 3 is 2.11 bits per heavy atom. The van der Waals surface area contributed by atoms with E-state index in [1.807, 2.05) is 23.9 Å². The van der Waals surface area contributed by atoms with E-state index >= 15 is 0 Å². The van der Waals surface area contributed by atoms with Crippen LogP contribution >= 0.6 is 11.8 Å². The Labute approximate surface area is 119 Å². The first-order valence-corrected chi connectivity index (χ1v) is 7.56. The third-order valence-corrected chi connectivity index (χ3v) is 3.63. The lowest BCUT2D eigenvalue weighted by atomic mass is 10.1. The van der Waals surface area contributed by atoms with Gasteiger partial charge in [-0.25, -0.2) is 0 Å². The molecule has 1 atom stereocenters. The monoisotopic (exact) mass is 285 g/mol. The summed E-state index contributed by atoms with van der Waals surface area (Å²) in [5.41, 5.74) is 1.11. The number of hydrogen-bond donors (Lipinski definition) is 1. The van der Waals surface area contributed by atoms with Crippen LogP contribution in [0.5, 0.6) is 17.2 Å². The summed E-state index contributed by atoms with van der Waals surface area (Å²) in [6.07, 6.45) is 2.11. The maximum Gasteiger partial charge on any atom is 0.203 e. The number of nitrogens with one attached hydrogen (secondary N) is 1. The summed E-state index contributed by atoms with van der Waals surface area (Å²) in [7, 11) is 4.87. The minimum absolute atomic E-state index is 0.467. The number of benzene rings is 1. The number of rotatable bonds is 8. The average Bonchev–Trinajstić information content (AvgIpc) is 2.44. The summed E-state index contributed by atoms with van der Waals surface area (Å²) in [4.78, 5) is 0. The van der Waals surface area contributed by atoms with Crippen molar-refractivity contribution in [3.05, 3.63) is 17.7 Å². The van der Waals surface area contributed by atoms with Crippen molar-refractivity contribution < 1.29 is 14.2 Å². The van der Waals surface area contributed by atoms with Gasteiger partial charge in [-0.05, 0) is 30.9 Å². The first-order valence-electron chi connectivity index (χ1n) is 6.17. The van der Waals surface area contributed by atoms with E-state index in [9.17, 15) is 0 Å². The zero-order valence-corrected chi connectivity index (χ0v) is 13.1. The van der Waals surface area contributed by atoms with Gasteiger partial charge in [-0.1, -0.05) is 0 Å². The molecule has 0 aliphatic heterocycles. The Bertz CT molecular complexity index is 373. The Kier molecular flexibility index (Phi) is 6.87. The molecule has 4 nitrogen and oxygen atoms in total. The van der Waals surface area contributed by atoms with Crippen LogP contribution in [0.25, 0.3) is 0 Å². The second kappa shape index (κ2) is 8.17. The molecule has 0 saturated carbocycles. The molecule has 1 N–H and O–H groups in total. The van der Waals surface area contributed by atoms with Crippen LogP contribution in [-0.4, -0.2) is 39.4 Å². The molecular weight excluding hydrogens is 262 g/mol. The summed E-state index contributed by atoms with van der Waals surface area (Å²) < 4.78 is 16.0. The second-order valence-electron chi connectivity index (χ2n) is 4.27. The highest BCUT2D eigenvalue weighted by molar-refractivity contribution is 7.98. The van der Waals surface area contributed by atoms with Gasteiger partial charge in [-0.3, -0.25) is 0 Å². The minimum Gasteiger partial charge on any atom is -0.493 e. The SMILES string of the molecule is COc1cc(CNC(C)CSC)cc(OC)c1OC. The van der Waals surface area contributed by atoms with Crippen LogP contribution in [-0.2, 0) is 6.54 Å². The van der Waals surface area contributed by atoms with Crippen molar-refractivity contribution in [2.45, 2.75) is 19.5 Å². The van der Waals surface area contributed by atoms with E-state index in [0.29, 0.717) is 23.3 Å². The molecule has 19 heavy (non-hydrogen) atoms. The van der Waals surface area contributed by atoms with E-state index in [0.717, 1.165) is 17.9 Å². The normalized spacial score (nSPS) is 12.1. The van der Waals surface area contributed by atoms with Crippen LogP contribution in [0.4, 0.5) is 0 Å². The lowest BCUT2D eigenvalue weighted by Gasteiger charge is -2.16. The van der Waals surface area contributed by atoms with E-state index in [1.165, 1.54) is 0 Å². The third kappa shape index (κ3) is 4.51. The molecule has 0 bridgehead atoms. The maximum atomic E-state index is 5.34. The van der Waals surface area contributed by atoms with Gasteiger partial charge in [0.25, 0.3) is 0 Å². The predicted molar refractivity (Wildman–Crippen MR) is 80.8 cm³/mol. The fourth-order valence-corrected chi connectivity index (χ4v) is 2.46. The molecule has 108 valence electrons. The summed E-state index contributed by atoms with van der Waals surface area (Å²) in [6.45, 7) is 2.95. The van der Waals surface area contributed by atoms with Crippen molar-refractivity contribution in [2.24, 2.45) is 0 Å². The predicted octanol–water partition coefficient (Wildman–Crippen LogP) is 2.55. The van der Waals surface area contributed by atoms with E-state index in [1.54, 1.807) is 21.3 Å². The molecule has 1 aromatic carbocycles. The standard InChI is InChI=1S/C14H23NO3S/c1-10(9-19-5)15-8-11-6-12(16-2)14(18-4)13(7-11)17-3/h6-7,10,15H,8-9H2,1-5H3. The minimum atomic E-state index is 0.467. The molecular formula is C14H23NO3S. The number of thioether (sulfide) groups is 1. The van der Waals surface area contributed by atoms with Gasteiger partial charge in [-0.15, -0.1) is 0 Å².